The van der Waals surface area contributed by atoms with E-state index in [1.54, 1.807) is 6.92 Å². The van der Waals surface area contributed by atoms with Gasteiger partial charge in [0.1, 0.15) is 10.7 Å². The molecule has 1 rings (SSSR count). The van der Waals surface area contributed by atoms with Gasteiger partial charge in [0.05, 0.1) is 12.6 Å². The van der Waals surface area contributed by atoms with Gasteiger partial charge in [-0.1, -0.05) is 0 Å². The first-order chi connectivity index (χ1) is 7.95. The van der Waals surface area contributed by atoms with Crippen molar-refractivity contribution >= 4 is 23.2 Å². The summed E-state index contributed by atoms with van der Waals surface area (Å²) in [7, 11) is 0. The molecule has 2 atom stereocenters. The molecule has 5 N–H and O–H groups in total. The molecule has 0 bridgehead atoms. The molecule has 0 saturated carbocycles. The lowest BCUT2D eigenvalue weighted by Crippen LogP contribution is -2.43. The van der Waals surface area contributed by atoms with Crippen molar-refractivity contribution in [1.82, 2.24) is 10.3 Å². The van der Waals surface area contributed by atoms with E-state index >= 15 is 0 Å². The van der Waals surface area contributed by atoms with Crippen molar-refractivity contribution in [3.63, 3.8) is 0 Å². The molecule has 0 radical (unpaired) electrons. The van der Waals surface area contributed by atoms with Crippen molar-refractivity contribution in [2.45, 2.75) is 19.0 Å². The highest BCUT2D eigenvalue weighted by Gasteiger charge is 2.21. The van der Waals surface area contributed by atoms with Crippen molar-refractivity contribution in [2.24, 2.45) is 5.73 Å². The first kappa shape index (κ1) is 13.6. The Bertz CT molecular complexity index is 418. The number of nitrogens with two attached hydrogens (primary N) is 1. The van der Waals surface area contributed by atoms with Crippen LogP contribution in [0.1, 0.15) is 28.5 Å². The monoisotopic (exact) mass is 259 g/mol. The summed E-state index contributed by atoms with van der Waals surface area (Å²) in [6, 6.07) is -1.61. The lowest BCUT2D eigenvalue weighted by atomic mass is 10.3. The van der Waals surface area contributed by atoms with Crippen LogP contribution in [0.5, 0.6) is 0 Å². The SMILES string of the molecule is CC(N)c1nc(C(=O)NC(CO)C(=O)O)cs1. The molecule has 8 heteroatoms. The third-order valence-electron chi connectivity index (χ3n) is 1.93. The minimum absolute atomic E-state index is 0.0991. The fraction of sp³-hybridized carbons (Fsp3) is 0.444. The third kappa shape index (κ3) is 3.48. The molecule has 0 aliphatic carbocycles. The Morgan fingerprint density at radius 2 is 2.29 bits per heavy atom. The molecule has 0 aliphatic rings. The highest BCUT2D eigenvalue weighted by Crippen LogP contribution is 2.15. The van der Waals surface area contributed by atoms with Gasteiger partial charge in [0.2, 0.25) is 0 Å². The number of aliphatic carboxylic acids is 1. The van der Waals surface area contributed by atoms with Crippen molar-refractivity contribution in [2.75, 3.05) is 6.61 Å². The Labute approximate surface area is 101 Å². The molecule has 0 spiro atoms. The van der Waals surface area contributed by atoms with E-state index in [-0.39, 0.29) is 11.7 Å². The predicted octanol–water partition coefficient (Wildman–Crippen LogP) is -0.662. The number of amides is 1. The van der Waals surface area contributed by atoms with E-state index in [4.69, 9.17) is 15.9 Å². The molecule has 0 fully saturated rings. The maximum absolute atomic E-state index is 11.6. The van der Waals surface area contributed by atoms with Crippen LogP contribution in [0.4, 0.5) is 0 Å². The number of aliphatic hydroxyl groups is 1. The fourth-order valence-corrected chi connectivity index (χ4v) is 1.78. The number of carbonyl (C=O) groups is 2. The Hall–Kier alpha value is -1.51. The van der Waals surface area contributed by atoms with E-state index in [0.717, 1.165) is 0 Å². The average Bonchev–Trinajstić information content (AvgIpc) is 2.74. The molecule has 94 valence electrons. The quantitative estimate of drug-likeness (QED) is 0.556. The van der Waals surface area contributed by atoms with Crippen molar-refractivity contribution < 1.29 is 19.8 Å². The van der Waals surface area contributed by atoms with Gasteiger partial charge < -0.3 is 21.3 Å². The fourth-order valence-electron chi connectivity index (χ4n) is 1.02. The summed E-state index contributed by atoms with van der Waals surface area (Å²) in [4.78, 5) is 26.1. The van der Waals surface area contributed by atoms with Gasteiger partial charge in [-0.2, -0.15) is 0 Å². The highest BCUT2D eigenvalue weighted by molar-refractivity contribution is 7.09. The smallest absolute Gasteiger partial charge is 0.328 e. The van der Waals surface area contributed by atoms with Crippen molar-refractivity contribution in [3.8, 4) is 0 Å². The molecule has 0 saturated heterocycles. The van der Waals surface area contributed by atoms with E-state index in [1.165, 1.54) is 16.7 Å². The number of thiazole rings is 1. The standard InChI is InChI=1S/C9H13N3O4S/c1-4(10)8-12-6(3-17-8)7(14)11-5(2-13)9(15)16/h3-5,13H,2,10H2,1H3,(H,11,14)(H,15,16). The number of aromatic nitrogens is 1. The molecule has 1 aromatic rings. The number of carbonyl (C=O) groups excluding carboxylic acids is 1. The summed E-state index contributed by atoms with van der Waals surface area (Å²) in [5, 5.41) is 21.6. The molecule has 7 nitrogen and oxygen atoms in total. The Morgan fingerprint density at radius 1 is 1.65 bits per heavy atom. The minimum Gasteiger partial charge on any atom is -0.480 e. The first-order valence-corrected chi connectivity index (χ1v) is 5.69. The zero-order valence-electron chi connectivity index (χ0n) is 9.08. The normalized spacial score (nSPS) is 14.1. The van der Waals surface area contributed by atoms with Crippen LogP contribution in [0.15, 0.2) is 5.38 Å². The second-order valence-electron chi connectivity index (χ2n) is 3.41. The minimum atomic E-state index is -1.33. The van der Waals surface area contributed by atoms with E-state index in [1.807, 2.05) is 0 Å². The molecule has 0 aliphatic heterocycles. The lowest BCUT2D eigenvalue weighted by molar-refractivity contribution is -0.140. The second kappa shape index (κ2) is 5.71. The maximum atomic E-state index is 11.6. The number of nitrogens with one attached hydrogen (secondary N) is 1. The van der Waals surface area contributed by atoms with Crippen molar-refractivity contribution in [3.05, 3.63) is 16.1 Å². The van der Waals surface area contributed by atoms with Crippen LogP contribution < -0.4 is 11.1 Å². The Kier molecular flexibility index (Phi) is 4.55. The Morgan fingerprint density at radius 3 is 2.71 bits per heavy atom. The molecular weight excluding hydrogens is 246 g/mol. The number of nitrogens with zero attached hydrogens (tertiary/aromatic N) is 1. The molecule has 1 amide bonds. The van der Waals surface area contributed by atoms with Crippen LogP contribution in [0.2, 0.25) is 0 Å². The van der Waals surface area contributed by atoms with Gasteiger partial charge in [-0.3, -0.25) is 4.79 Å². The van der Waals surface area contributed by atoms with Crippen LogP contribution in [0, 0.1) is 0 Å². The number of hydrogen-bond acceptors (Lipinski definition) is 6. The lowest BCUT2D eigenvalue weighted by Gasteiger charge is -2.09. The Balaban J connectivity index is 2.72. The summed E-state index contributed by atoms with van der Waals surface area (Å²) < 4.78 is 0. The summed E-state index contributed by atoms with van der Waals surface area (Å²) in [6.07, 6.45) is 0. The second-order valence-corrected chi connectivity index (χ2v) is 4.30. The molecule has 2 unspecified atom stereocenters. The van der Waals surface area contributed by atoms with Gasteiger partial charge in [0.25, 0.3) is 5.91 Å². The van der Waals surface area contributed by atoms with Gasteiger partial charge >= 0.3 is 5.97 Å². The molecular formula is C9H13N3O4S. The van der Waals surface area contributed by atoms with Crippen LogP contribution >= 0.6 is 11.3 Å². The summed E-state index contributed by atoms with van der Waals surface area (Å²) in [5.74, 6) is -1.95. The summed E-state index contributed by atoms with van der Waals surface area (Å²) >= 11 is 1.22. The zero-order chi connectivity index (χ0) is 13.0. The average molecular weight is 259 g/mol. The van der Waals surface area contributed by atoms with E-state index in [9.17, 15) is 9.59 Å². The van der Waals surface area contributed by atoms with E-state index in [2.05, 4.69) is 10.3 Å². The van der Waals surface area contributed by atoms with E-state index in [0.29, 0.717) is 5.01 Å². The number of rotatable bonds is 5. The molecule has 17 heavy (non-hydrogen) atoms. The first-order valence-electron chi connectivity index (χ1n) is 4.81. The summed E-state index contributed by atoms with van der Waals surface area (Å²) in [5.41, 5.74) is 5.68. The predicted molar refractivity (Wildman–Crippen MR) is 60.7 cm³/mol. The van der Waals surface area contributed by atoms with Gasteiger partial charge in [0, 0.05) is 5.38 Å². The van der Waals surface area contributed by atoms with Gasteiger partial charge in [0.15, 0.2) is 6.04 Å². The number of aliphatic hydroxyl groups excluding tert-OH is 1. The zero-order valence-corrected chi connectivity index (χ0v) is 9.90. The number of hydrogen-bond donors (Lipinski definition) is 4. The third-order valence-corrected chi connectivity index (χ3v) is 2.98. The van der Waals surface area contributed by atoms with Gasteiger partial charge in [-0.15, -0.1) is 11.3 Å². The highest BCUT2D eigenvalue weighted by atomic mass is 32.1. The van der Waals surface area contributed by atoms with Crippen LogP contribution in [-0.4, -0.2) is 39.7 Å². The molecule has 0 aromatic carbocycles. The number of carboxylic acids is 1. The van der Waals surface area contributed by atoms with Crippen LogP contribution in [0.3, 0.4) is 0 Å². The number of carboxylic acid groups (broad SMARTS) is 1. The largest absolute Gasteiger partial charge is 0.480 e. The van der Waals surface area contributed by atoms with E-state index < -0.39 is 24.5 Å². The van der Waals surface area contributed by atoms with Crippen molar-refractivity contribution in [1.29, 1.82) is 0 Å². The molecule has 1 aromatic heterocycles. The summed E-state index contributed by atoms with van der Waals surface area (Å²) in [6.45, 7) is 1.06. The van der Waals surface area contributed by atoms with Gasteiger partial charge in [-0.25, -0.2) is 9.78 Å². The van der Waals surface area contributed by atoms with Crippen LogP contribution in [-0.2, 0) is 4.79 Å². The topological polar surface area (TPSA) is 126 Å². The van der Waals surface area contributed by atoms with Gasteiger partial charge in [-0.05, 0) is 6.92 Å². The maximum Gasteiger partial charge on any atom is 0.328 e. The van der Waals surface area contributed by atoms with Crippen LogP contribution in [0.25, 0.3) is 0 Å². The molecule has 1 heterocycles.